The number of carbonyl (C=O) groups excluding carboxylic acids is 3. The van der Waals surface area contributed by atoms with Gasteiger partial charge in [0.05, 0.1) is 13.2 Å². The fourth-order valence-electron chi connectivity index (χ4n) is 2.72. The van der Waals surface area contributed by atoms with Crippen LogP contribution >= 0.6 is 0 Å². The molecule has 0 radical (unpaired) electrons. The van der Waals surface area contributed by atoms with E-state index in [9.17, 15) is 19.5 Å². The number of ether oxygens (including phenoxy) is 2. The SMILES string of the molecule is COC(=O)[C@@H](NC(=O)[C@H](Cc1ccccc1)NC(=O)OCc1ccccc1)C(C)O. The number of rotatable bonds is 9. The Morgan fingerprint density at radius 3 is 2.03 bits per heavy atom. The fraction of sp³-hybridized carbons (Fsp3) is 0.318. The van der Waals surface area contributed by atoms with Crippen molar-refractivity contribution in [2.75, 3.05) is 7.11 Å². The number of aliphatic hydroxyl groups excluding tert-OH is 1. The van der Waals surface area contributed by atoms with Crippen molar-refractivity contribution in [1.29, 1.82) is 0 Å². The van der Waals surface area contributed by atoms with Crippen molar-refractivity contribution in [3.63, 3.8) is 0 Å². The van der Waals surface area contributed by atoms with Crippen molar-refractivity contribution < 1.29 is 29.0 Å². The van der Waals surface area contributed by atoms with E-state index >= 15 is 0 Å². The smallest absolute Gasteiger partial charge is 0.408 e. The largest absolute Gasteiger partial charge is 0.467 e. The van der Waals surface area contributed by atoms with Gasteiger partial charge in [0.15, 0.2) is 6.04 Å². The summed E-state index contributed by atoms with van der Waals surface area (Å²) in [5.41, 5.74) is 1.60. The maximum absolute atomic E-state index is 12.8. The number of aliphatic hydroxyl groups is 1. The number of hydrogen-bond donors (Lipinski definition) is 3. The summed E-state index contributed by atoms with van der Waals surface area (Å²) < 4.78 is 9.81. The first-order valence-electron chi connectivity index (χ1n) is 9.48. The molecule has 3 atom stereocenters. The number of esters is 1. The van der Waals surface area contributed by atoms with E-state index < -0.39 is 36.2 Å². The maximum Gasteiger partial charge on any atom is 0.408 e. The molecule has 0 saturated heterocycles. The Hall–Kier alpha value is -3.39. The highest BCUT2D eigenvalue weighted by atomic mass is 16.5. The van der Waals surface area contributed by atoms with Gasteiger partial charge in [-0.3, -0.25) is 4.79 Å². The van der Waals surface area contributed by atoms with E-state index in [0.29, 0.717) is 0 Å². The molecule has 3 N–H and O–H groups in total. The van der Waals surface area contributed by atoms with Crippen molar-refractivity contribution in [2.45, 2.75) is 38.1 Å². The predicted molar refractivity (Wildman–Crippen MR) is 109 cm³/mol. The van der Waals surface area contributed by atoms with Gasteiger partial charge in [0.25, 0.3) is 0 Å². The van der Waals surface area contributed by atoms with Crippen LogP contribution in [0.1, 0.15) is 18.1 Å². The summed E-state index contributed by atoms with van der Waals surface area (Å²) in [7, 11) is 1.16. The molecule has 0 fully saturated rings. The summed E-state index contributed by atoms with van der Waals surface area (Å²) in [5.74, 6) is -1.43. The molecule has 0 bridgehead atoms. The molecule has 160 valence electrons. The van der Waals surface area contributed by atoms with Crippen LogP contribution in [0, 0.1) is 0 Å². The Morgan fingerprint density at radius 2 is 1.50 bits per heavy atom. The second-order valence-electron chi connectivity index (χ2n) is 6.70. The Kier molecular flexibility index (Phi) is 8.83. The lowest BCUT2D eigenvalue weighted by molar-refractivity contribution is -0.148. The number of carbonyl (C=O) groups is 3. The molecule has 0 heterocycles. The van der Waals surface area contributed by atoms with Crippen molar-refractivity contribution in [3.05, 3.63) is 71.8 Å². The molecule has 30 heavy (non-hydrogen) atoms. The molecular formula is C22H26N2O6. The quantitative estimate of drug-likeness (QED) is 0.537. The average molecular weight is 414 g/mol. The van der Waals surface area contributed by atoms with E-state index in [1.54, 1.807) is 0 Å². The van der Waals surface area contributed by atoms with Gasteiger partial charge in [-0.15, -0.1) is 0 Å². The summed E-state index contributed by atoms with van der Waals surface area (Å²) in [5, 5.41) is 14.8. The highest BCUT2D eigenvalue weighted by Gasteiger charge is 2.30. The summed E-state index contributed by atoms with van der Waals surface area (Å²) in [4.78, 5) is 36.9. The van der Waals surface area contributed by atoms with Gasteiger partial charge >= 0.3 is 12.1 Å². The molecule has 8 nitrogen and oxygen atoms in total. The first-order valence-corrected chi connectivity index (χ1v) is 9.48. The molecule has 0 saturated carbocycles. The van der Waals surface area contributed by atoms with E-state index in [-0.39, 0.29) is 13.0 Å². The standard InChI is InChI=1S/C22H26N2O6/c1-15(25)19(21(27)29-2)24-20(26)18(13-16-9-5-3-6-10-16)23-22(28)30-14-17-11-7-4-8-12-17/h3-12,15,18-19,25H,13-14H2,1-2H3,(H,23,28)(H,24,26)/t15?,18-,19-/m0/s1. The first kappa shape index (κ1) is 22.9. The Balaban J connectivity index is 2.08. The van der Waals surface area contributed by atoms with Crippen molar-refractivity contribution in [2.24, 2.45) is 0 Å². The van der Waals surface area contributed by atoms with Crippen molar-refractivity contribution in [1.82, 2.24) is 10.6 Å². The maximum atomic E-state index is 12.8. The van der Waals surface area contributed by atoms with Gasteiger partial charge in [-0.2, -0.15) is 0 Å². The van der Waals surface area contributed by atoms with Crippen LogP contribution in [0.4, 0.5) is 4.79 Å². The number of nitrogens with one attached hydrogen (secondary N) is 2. The third-order valence-electron chi connectivity index (χ3n) is 4.34. The number of alkyl carbamates (subject to hydrolysis) is 1. The van der Waals surface area contributed by atoms with Crippen LogP contribution in [-0.4, -0.2) is 48.4 Å². The summed E-state index contributed by atoms with van der Waals surface area (Å²) in [6.45, 7) is 1.40. The summed E-state index contributed by atoms with van der Waals surface area (Å²) in [6, 6.07) is 15.9. The van der Waals surface area contributed by atoms with E-state index in [0.717, 1.165) is 18.2 Å². The van der Waals surface area contributed by atoms with E-state index in [2.05, 4.69) is 15.4 Å². The topological polar surface area (TPSA) is 114 Å². The summed E-state index contributed by atoms with van der Waals surface area (Å²) in [6.07, 6.45) is -1.79. The van der Waals surface area contributed by atoms with E-state index in [1.807, 2.05) is 60.7 Å². The van der Waals surface area contributed by atoms with Crippen LogP contribution in [0.3, 0.4) is 0 Å². The minimum Gasteiger partial charge on any atom is -0.467 e. The average Bonchev–Trinajstić information content (AvgIpc) is 2.76. The van der Waals surface area contributed by atoms with Crippen LogP contribution in [0.5, 0.6) is 0 Å². The molecule has 2 amide bonds. The predicted octanol–water partition coefficient (Wildman–Crippen LogP) is 1.56. The molecule has 0 aliphatic rings. The minimum atomic E-state index is -1.26. The van der Waals surface area contributed by atoms with Gasteiger partial charge in [0.2, 0.25) is 5.91 Å². The zero-order valence-electron chi connectivity index (χ0n) is 16.9. The van der Waals surface area contributed by atoms with Crippen molar-refractivity contribution in [3.8, 4) is 0 Å². The lowest BCUT2D eigenvalue weighted by Crippen LogP contribution is -2.55. The monoisotopic (exact) mass is 414 g/mol. The minimum absolute atomic E-state index is 0.0464. The molecule has 0 aromatic heterocycles. The van der Waals surface area contributed by atoms with Crippen LogP contribution in [0.15, 0.2) is 60.7 Å². The van der Waals surface area contributed by atoms with Crippen LogP contribution in [0.2, 0.25) is 0 Å². The van der Waals surface area contributed by atoms with Crippen LogP contribution in [-0.2, 0) is 32.1 Å². The number of benzene rings is 2. The summed E-state index contributed by atoms with van der Waals surface area (Å²) >= 11 is 0. The highest BCUT2D eigenvalue weighted by molar-refractivity contribution is 5.90. The molecule has 1 unspecified atom stereocenters. The Morgan fingerprint density at radius 1 is 0.933 bits per heavy atom. The third kappa shape index (κ3) is 7.21. The van der Waals surface area contributed by atoms with Gasteiger partial charge < -0.3 is 25.2 Å². The molecule has 0 spiro atoms. The lowest BCUT2D eigenvalue weighted by atomic mass is 10.0. The number of methoxy groups -OCH3 is 1. The molecule has 8 heteroatoms. The van der Waals surface area contributed by atoms with Crippen LogP contribution < -0.4 is 10.6 Å². The Bertz CT molecular complexity index is 826. The molecular weight excluding hydrogens is 388 g/mol. The normalized spacial score (nSPS) is 13.4. The van der Waals surface area contributed by atoms with Crippen LogP contribution in [0.25, 0.3) is 0 Å². The second-order valence-corrected chi connectivity index (χ2v) is 6.70. The van der Waals surface area contributed by atoms with Gasteiger partial charge in [-0.1, -0.05) is 60.7 Å². The van der Waals surface area contributed by atoms with E-state index in [1.165, 1.54) is 6.92 Å². The highest BCUT2D eigenvalue weighted by Crippen LogP contribution is 2.07. The number of hydrogen-bond acceptors (Lipinski definition) is 6. The van der Waals surface area contributed by atoms with Gasteiger partial charge in [0, 0.05) is 6.42 Å². The zero-order valence-corrected chi connectivity index (χ0v) is 16.9. The lowest BCUT2D eigenvalue weighted by Gasteiger charge is -2.23. The molecule has 0 aliphatic heterocycles. The fourth-order valence-corrected chi connectivity index (χ4v) is 2.72. The molecule has 0 aliphatic carbocycles. The number of amides is 2. The zero-order chi connectivity index (χ0) is 21.9. The van der Waals surface area contributed by atoms with E-state index in [4.69, 9.17) is 4.74 Å². The first-order chi connectivity index (χ1) is 14.4. The second kappa shape index (κ2) is 11.6. The Labute approximate surface area is 175 Å². The van der Waals surface area contributed by atoms with Gasteiger partial charge in [-0.25, -0.2) is 9.59 Å². The third-order valence-corrected chi connectivity index (χ3v) is 4.34. The van der Waals surface area contributed by atoms with Gasteiger partial charge in [-0.05, 0) is 18.1 Å². The van der Waals surface area contributed by atoms with Gasteiger partial charge in [0.1, 0.15) is 12.6 Å². The van der Waals surface area contributed by atoms with Crippen molar-refractivity contribution >= 4 is 18.0 Å². The molecule has 2 rings (SSSR count). The molecule has 2 aromatic rings. The molecule has 2 aromatic carbocycles.